The van der Waals surface area contributed by atoms with Crippen LogP contribution in [0.25, 0.3) is 0 Å². The molecule has 40 valence electrons. The molecule has 0 fully saturated rings. The van der Waals surface area contributed by atoms with E-state index in [1.807, 2.05) is 0 Å². The van der Waals surface area contributed by atoms with Crippen molar-refractivity contribution in [3.8, 4) is 0 Å². The van der Waals surface area contributed by atoms with Gasteiger partial charge < -0.3 is 9.90 Å². The van der Waals surface area contributed by atoms with E-state index in [-0.39, 0.29) is 0 Å². The molecule has 0 bridgehead atoms. The van der Waals surface area contributed by atoms with E-state index >= 15 is 0 Å². The van der Waals surface area contributed by atoms with Crippen LogP contribution in [0.3, 0.4) is 0 Å². The average Bonchev–Trinajstić information content (AvgIpc) is 1.27. The van der Waals surface area contributed by atoms with Crippen molar-refractivity contribution in [2.24, 2.45) is 0 Å². The van der Waals surface area contributed by atoms with E-state index in [4.69, 9.17) is 20.0 Å². The maximum absolute atomic E-state index is 9.03. The number of carboxylic acid groups (broad SMARTS) is 1. The Morgan fingerprint density at radius 1 is 1.71 bits per heavy atom. The molecule has 0 aliphatic rings. The van der Waals surface area contributed by atoms with Gasteiger partial charge >= 0.3 is 11.2 Å². The minimum absolute atomic E-state index is 1.46. The molecule has 0 radical (unpaired) electrons. The fourth-order valence-corrected chi connectivity index (χ4v) is 0.0609. The van der Waals surface area contributed by atoms with Crippen LogP contribution >= 0.6 is 0 Å². The van der Waals surface area contributed by atoms with Crippen LogP contribution in [0.4, 0.5) is 4.79 Å². The second-order valence-electron chi connectivity index (χ2n) is 0.565. The highest BCUT2D eigenvalue weighted by Gasteiger charge is 1.93. The van der Waals surface area contributed by atoms with Crippen LogP contribution in [0.1, 0.15) is 0 Å². The number of nitrogens with zero attached hydrogens (tertiary/aromatic N) is 1. The SMILES string of the molecule is O=C([O-])O[N+](=O)[O-]. The summed E-state index contributed by atoms with van der Waals surface area (Å²) in [6, 6.07) is 0. The Bertz CT molecular complexity index is 84.3. The van der Waals surface area contributed by atoms with E-state index < -0.39 is 11.2 Å². The molecule has 6 heteroatoms. The van der Waals surface area contributed by atoms with Crippen molar-refractivity contribution >= 4 is 6.16 Å². The zero-order valence-electron chi connectivity index (χ0n) is 2.99. The standard InChI is InChI=1S/CHNO5/c3-1(4)7-2(5)6/h(H,3,4)/p-1. The van der Waals surface area contributed by atoms with Gasteiger partial charge in [0.1, 0.15) is 0 Å². The summed E-state index contributed by atoms with van der Waals surface area (Å²) in [4.78, 5) is 20.8. The van der Waals surface area contributed by atoms with Crippen LogP contribution in [0.15, 0.2) is 0 Å². The molecule has 7 heavy (non-hydrogen) atoms. The first-order valence-electron chi connectivity index (χ1n) is 1.16. The lowest BCUT2D eigenvalue weighted by molar-refractivity contribution is -0.740. The molecule has 0 aromatic carbocycles. The molecule has 0 aromatic rings. The van der Waals surface area contributed by atoms with Gasteiger partial charge in [-0.25, -0.2) is 4.84 Å². The number of rotatable bonds is 1. The summed E-state index contributed by atoms with van der Waals surface area (Å²) in [7, 11) is 0. The predicted octanol–water partition coefficient (Wildman–Crippen LogP) is -1.46. The molecule has 0 heterocycles. The highest BCUT2D eigenvalue weighted by atomic mass is 17.0. The minimum Gasteiger partial charge on any atom is -0.421 e. The lowest BCUT2D eigenvalue weighted by atomic mass is 11.4. The van der Waals surface area contributed by atoms with Gasteiger partial charge in [0.15, 0.2) is 0 Å². The Hall–Kier alpha value is -1.33. The Morgan fingerprint density at radius 3 is 2.14 bits per heavy atom. The molecule has 6 nitrogen and oxygen atoms in total. The third kappa shape index (κ3) is 4.67. The van der Waals surface area contributed by atoms with E-state index in [1.165, 1.54) is 0 Å². The molecule has 0 aliphatic heterocycles. The van der Waals surface area contributed by atoms with Crippen molar-refractivity contribution in [2.75, 3.05) is 0 Å². The molecular formula is CNO5-. The topological polar surface area (TPSA) is 92.5 Å². The van der Waals surface area contributed by atoms with E-state index in [0.717, 1.165) is 0 Å². The van der Waals surface area contributed by atoms with Gasteiger partial charge in [0, 0.05) is 0 Å². The highest BCUT2D eigenvalue weighted by Crippen LogP contribution is 1.68. The van der Waals surface area contributed by atoms with Crippen molar-refractivity contribution in [1.29, 1.82) is 0 Å². The third-order valence-electron chi connectivity index (χ3n) is 0.149. The minimum atomic E-state index is -2.16. The number of hydrogen-bond acceptors (Lipinski definition) is 5. The maximum Gasteiger partial charge on any atom is 0.326 e. The number of carbonyl (C=O) groups is 1. The monoisotopic (exact) mass is 106 g/mol. The van der Waals surface area contributed by atoms with E-state index in [9.17, 15) is 0 Å². The zero-order valence-corrected chi connectivity index (χ0v) is 2.99. The normalized spacial score (nSPS) is 7.43. The van der Waals surface area contributed by atoms with Gasteiger partial charge in [-0.3, -0.25) is 0 Å². The summed E-state index contributed by atoms with van der Waals surface area (Å²) in [5.41, 5.74) is 0. The fraction of sp³-hybridized carbons (Fsp3) is 0. The second kappa shape index (κ2) is 1.96. The summed E-state index contributed by atoms with van der Waals surface area (Å²) < 4.78 is 0. The lowest BCUT2D eigenvalue weighted by Crippen LogP contribution is -2.25. The largest absolute Gasteiger partial charge is 0.421 e. The highest BCUT2D eigenvalue weighted by molar-refractivity contribution is 5.52. The van der Waals surface area contributed by atoms with E-state index in [2.05, 4.69) is 4.84 Å². The van der Waals surface area contributed by atoms with Crippen LogP contribution in [-0.4, -0.2) is 11.2 Å². The Labute approximate surface area is 37.4 Å². The van der Waals surface area contributed by atoms with Crippen LogP contribution < -0.4 is 5.11 Å². The van der Waals surface area contributed by atoms with Gasteiger partial charge in [0.05, 0.1) is 0 Å². The second-order valence-corrected chi connectivity index (χ2v) is 0.565. The predicted molar refractivity (Wildman–Crippen MR) is 13.5 cm³/mol. The van der Waals surface area contributed by atoms with Gasteiger partial charge in [-0.1, -0.05) is 0 Å². The molecule has 0 saturated carbocycles. The quantitative estimate of drug-likeness (QED) is 0.300. The first kappa shape index (κ1) is 5.67. The van der Waals surface area contributed by atoms with Crippen LogP contribution in [0.2, 0.25) is 0 Å². The summed E-state index contributed by atoms with van der Waals surface area (Å²) in [5.74, 6) is 0. The molecule has 0 aliphatic carbocycles. The molecule has 0 amide bonds. The molecule has 0 atom stereocenters. The summed E-state index contributed by atoms with van der Waals surface area (Å²) in [6.45, 7) is 0. The van der Waals surface area contributed by atoms with Crippen molar-refractivity contribution in [1.82, 2.24) is 0 Å². The van der Waals surface area contributed by atoms with Gasteiger partial charge in [-0.15, -0.1) is 10.1 Å². The van der Waals surface area contributed by atoms with Crippen LogP contribution in [-0.2, 0) is 4.84 Å². The Kier molecular flexibility index (Phi) is 1.58. The van der Waals surface area contributed by atoms with Gasteiger partial charge in [0.2, 0.25) is 0 Å². The van der Waals surface area contributed by atoms with Crippen LogP contribution in [0, 0.1) is 10.1 Å². The first-order valence-corrected chi connectivity index (χ1v) is 1.16. The summed E-state index contributed by atoms with van der Waals surface area (Å²) in [5, 5.41) is 16.5. The fourth-order valence-electron chi connectivity index (χ4n) is 0.0609. The third-order valence-corrected chi connectivity index (χ3v) is 0.149. The van der Waals surface area contributed by atoms with Gasteiger partial charge in [-0.05, 0) is 0 Å². The molecule has 0 unspecified atom stereocenters. The van der Waals surface area contributed by atoms with Crippen molar-refractivity contribution in [3.63, 3.8) is 0 Å². The van der Waals surface area contributed by atoms with Gasteiger partial charge in [-0.2, -0.15) is 0 Å². The van der Waals surface area contributed by atoms with E-state index in [0.29, 0.717) is 0 Å². The zero-order chi connectivity index (χ0) is 5.86. The Balaban J connectivity index is 3.32. The Morgan fingerprint density at radius 2 is 2.14 bits per heavy atom. The molecule has 0 saturated heterocycles. The van der Waals surface area contributed by atoms with E-state index in [1.54, 1.807) is 0 Å². The van der Waals surface area contributed by atoms with Crippen molar-refractivity contribution in [3.05, 3.63) is 10.1 Å². The first-order chi connectivity index (χ1) is 3.13. The molecule has 0 rings (SSSR count). The summed E-state index contributed by atoms with van der Waals surface area (Å²) >= 11 is 0. The molecule has 0 aromatic heterocycles. The lowest BCUT2D eigenvalue weighted by Gasteiger charge is -1.86. The maximum atomic E-state index is 9.03. The molecule has 0 N–H and O–H groups in total. The van der Waals surface area contributed by atoms with Crippen molar-refractivity contribution < 1.29 is 19.8 Å². The number of carbonyl (C=O) groups excluding carboxylic acids is 1. The van der Waals surface area contributed by atoms with Crippen LogP contribution in [0.5, 0.6) is 0 Å². The average molecular weight is 106 g/mol. The number of hydrogen-bond donors (Lipinski definition) is 0. The molecular weight excluding hydrogens is 106 g/mol. The smallest absolute Gasteiger partial charge is 0.326 e. The summed E-state index contributed by atoms with van der Waals surface area (Å²) in [6.07, 6.45) is -2.16. The van der Waals surface area contributed by atoms with Crippen molar-refractivity contribution in [2.45, 2.75) is 0 Å². The molecule has 0 spiro atoms. The van der Waals surface area contributed by atoms with Gasteiger partial charge in [0.25, 0.3) is 0 Å².